The van der Waals surface area contributed by atoms with Crippen LogP contribution in [0.2, 0.25) is 0 Å². The molecule has 0 fully saturated rings. The first-order valence-corrected chi connectivity index (χ1v) is 7.43. The number of nitrogens with zero attached hydrogens (tertiary/aromatic N) is 1. The topological polar surface area (TPSA) is 29.3 Å². The minimum Gasteiger partial charge on any atom is -0.327 e. The molecule has 2 unspecified atom stereocenters. The molecule has 1 rings (SSSR count). The highest BCUT2D eigenvalue weighted by Gasteiger charge is 2.15. The fraction of sp³-hybridized carbons (Fsp3) is 0.600. The summed E-state index contributed by atoms with van der Waals surface area (Å²) in [7, 11) is 2.16. The van der Waals surface area contributed by atoms with Crippen LogP contribution in [0.15, 0.2) is 28.7 Å². The van der Waals surface area contributed by atoms with Gasteiger partial charge < -0.3 is 5.73 Å². The van der Waals surface area contributed by atoms with Gasteiger partial charge in [0.15, 0.2) is 0 Å². The Labute approximate surface area is 120 Å². The van der Waals surface area contributed by atoms with Crippen LogP contribution in [-0.4, -0.2) is 24.5 Å². The van der Waals surface area contributed by atoms with Gasteiger partial charge in [-0.15, -0.1) is 0 Å². The van der Waals surface area contributed by atoms with Crippen LogP contribution in [-0.2, 0) is 0 Å². The van der Waals surface area contributed by atoms with Gasteiger partial charge in [-0.25, -0.2) is 0 Å². The first-order valence-electron chi connectivity index (χ1n) is 6.63. The van der Waals surface area contributed by atoms with Crippen molar-refractivity contribution in [1.82, 2.24) is 4.90 Å². The molecular weight excluding hydrogens is 288 g/mol. The van der Waals surface area contributed by atoms with Crippen LogP contribution >= 0.6 is 15.9 Å². The van der Waals surface area contributed by atoms with Gasteiger partial charge in [0.2, 0.25) is 0 Å². The van der Waals surface area contributed by atoms with E-state index in [1.807, 2.05) is 0 Å². The molecule has 0 heterocycles. The highest BCUT2D eigenvalue weighted by Crippen LogP contribution is 2.26. The number of nitrogens with two attached hydrogens (primary N) is 1. The minimum absolute atomic E-state index is 0.291. The van der Waals surface area contributed by atoms with Crippen LogP contribution in [0, 0.1) is 5.92 Å². The zero-order valence-corrected chi connectivity index (χ0v) is 13.4. The average Bonchev–Trinajstić information content (AvgIpc) is 2.35. The third-order valence-electron chi connectivity index (χ3n) is 3.69. The number of hydrogen-bond donors (Lipinski definition) is 1. The zero-order valence-electron chi connectivity index (χ0n) is 11.9. The average molecular weight is 313 g/mol. The van der Waals surface area contributed by atoms with Crippen LogP contribution < -0.4 is 5.73 Å². The van der Waals surface area contributed by atoms with Gasteiger partial charge in [0.1, 0.15) is 0 Å². The molecule has 1 aromatic carbocycles. The van der Waals surface area contributed by atoms with E-state index < -0.39 is 0 Å². The normalized spacial score (nSPS) is 15.1. The molecule has 1 aromatic rings. The molecule has 0 spiro atoms. The molecule has 0 saturated carbocycles. The maximum atomic E-state index is 6.10. The van der Waals surface area contributed by atoms with E-state index in [-0.39, 0.29) is 0 Å². The van der Waals surface area contributed by atoms with Gasteiger partial charge in [-0.2, -0.15) is 0 Å². The molecule has 102 valence electrons. The van der Waals surface area contributed by atoms with Crippen molar-refractivity contribution in [1.29, 1.82) is 0 Å². The zero-order chi connectivity index (χ0) is 13.7. The summed E-state index contributed by atoms with van der Waals surface area (Å²) in [5, 5.41) is 0. The van der Waals surface area contributed by atoms with Crippen molar-refractivity contribution in [2.45, 2.75) is 39.3 Å². The molecule has 2 N–H and O–H groups in total. The SMILES string of the molecule is CC(C)C(N)CCN(C)C(C)c1ccccc1Br. The van der Waals surface area contributed by atoms with E-state index in [4.69, 9.17) is 5.73 Å². The van der Waals surface area contributed by atoms with E-state index in [2.05, 4.69) is 72.9 Å². The predicted molar refractivity (Wildman–Crippen MR) is 82.6 cm³/mol. The molecule has 0 aliphatic rings. The van der Waals surface area contributed by atoms with E-state index in [0.29, 0.717) is 18.0 Å². The smallest absolute Gasteiger partial charge is 0.0328 e. The van der Waals surface area contributed by atoms with Gasteiger partial charge in [0, 0.05) is 16.6 Å². The van der Waals surface area contributed by atoms with Crippen LogP contribution in [0.5, 0.6) is 0 Å². The van der Waals surface area contributed by atoms with Crippen molar-refractivity contribution in [3.05, 3.63) is 34.3 Å². The van der Waals surface area contributed by atoms with E-state index in [0.717, 1.165) is 13.0 Å². The van der Waals surface area contributed by atoms with Crippen molar-refractivity contribution in [3.63, 3.8) is 0 Å². The maximum absolute atomic E-state index is 6.10. The summed E-state index contributed by atoms with van der Waals surface area (Å²) in [4.78, 5) is 2.36. The molecule has 3 heteroatoms. The second kappa shape index (κ2) is 7.27. The Morgan fingerprint density at radius 3 is 2.39 bits per heavy atom. The molecule has 18 heavy (non-hydrogen) atoms. The number of halogens is 1. The lowest BCUT2D eigenvalue weighted by Gasteiger charge is -2.27. The van der Waals surface area contributed by atoms with Gasteiger partial charge in [0.25, 0.3) is 0 Å². The van der Waals surface area contributed by atoms with Gasteiger partial charge in [-0.3, -0.25) is 4.90 Å². The van der Waals surface area contributed by atoms with Crippen molar-refractivity contribution < 1.29 is 0 Å². The monoisotopic (exact) mass is 312 g/mol. The lowest BCUT2D eigenvalue weighted by molar-refractivity contribution is 0.243. The number of hydrogen-bond acceptors (Lipinski definition) is 2. The first kappa shape index (κ1) is 15.7. The summed E-state index contributed by atoms with van der Waals surface area (Å²) in [5.74, 6) is 0.553. The molecule has 0 saturated heterocycles. The second-order valence-electron chi connectivity index (χ2n) is 5.37. The van der Waals surface area contributed by atoms with Crippen LogP contribution in [0.3, 0.4) is 0 Å². The molecule has 2 nitrogen and oxygen atoms in total. The summed E-state index contributed by atoms with van der Waals surface area (Å²) in [5.41, 5.74) is 7.43. The fourth-order valence-electron chi connectivity index (χ4n) is 1.93. The van der Waals surface area contributed by atoms with Crippen molar-refractivity contribution in [2.24, 2.45) is 11.7 Å². The Balaban J connectivity index is 2.57. The van der Waals surface area contributed by atoms with Gasteiger partial charge in [-0.1, -0.05) is 48.0 Å². The number of benzene rings is 1. The molecule has 0 bridgehead atoms. The summed E-state index contributed by atoms with van der Waals surface area (Å²) in [6, 6.07) is 9.10. The van der Waals surface area contributed by atoms with Gasteiger partial charge in [0.05, 0.1) is 0 Å². The number of rotatable bonds is 6. The molecule has 0 aliphatic heterocycles. The largest absolute Gasteiger partial charge is 0.327 e. The lowest BCUT2D eigenvalue weighted by atomic mass is 10.0. The molecule has 0 aromatic heterocycles. The predicted octanol–water partition coefficient (Wildman–Crippen LogP) is 3.82. The highest BCUT2D eigenvalue weighted by molar-refractivity contribution is 9.10. The Morgan fingerprint density at radius 1 is 1.22 bits per heavy atom. The summed E-state index contributed by atoms with van der Waals surface area (Å²) < 4.78 is 1.18. The Kier molecular flexibility index (Phi) is 6.33. The summed E-state index contributed by atoms with van der Waals surface area (Å²) in [6.07, 6.45) is 1.04. The highest BCUT2D eigenvalue weighted by atomic mass is 79.9. The van der Waals surface area contributed by atoms with E-state index in [1.165, 1.54) is 10.0 Å². The maximum Gasteiger partial charge on any atom is 0.0328 e. The Bertz CT molecular complexity index is 365. The quantitative estimate of drug-likeness (QED) is 0.865. The summed E-state index contributed by atoms with van der Waals surface area (Å²) in [6.45, 7) is 7.63. The molecule has 0 amide bonds. The van der Waals surface area contributed by atoms with E-state index >= 15 is 0 Å². The molecule has 0 aliphatic carbocycles. The Hall–Kier alpha value is -0.380. The van der Waals surface area contributed by atoms with Crippen molar-refractivity contribution >= 4 is 15.9 Å². The van der Waals surface area contributed by atoms with Crippen molar-refractivity contribution in [2.75, 3.05) is 13.6 Å². The second-order valence-corrected chi connectivity index (χ2v) is 6.23. The van der Waals surface area contributed by atoms with Crippen LogP contribution in [0.25, 0.3) is 0 Å². The Morgan fingerprint density at radius 2 is 1.83 bits per heavy atom. The van der Waals surface area contributed by atoms with E-state index in [1.54, 1.807) is 0 Å². The van der Waals surface area contributed by atoms with Crippen molar-refractivity contribution in [3.8, 4) is 0 Å². The lowest BCUT2D eigenvalue weighted by Crippen LogP contribution is -2.33. The fourth-order valence-corrected chi connectivity index (χ4v) is 2.55. The van der Waals surface area contributed by atoms with Crippen LogP contribution in [0.4, 0.5) is 0 Å². The molecular formula is C15H25BrN2. The van der Waals surface area contributed by atoms with Gasteiger partial charge >= 0.3 is 0 Å². The standard InChI is InChI=1S/C15H25BrN2/c1-11(2)15(17)9-10-18(4)12(3)13-7-5-6-8-14(13)16/h5-8,11-12,15H,9-10,17H2,1-4H3. The molecule has 0 radical (unpaired) electrons. The van der Waals surface area contributed by atoms with Crippen LogP contribution in [0.1, 0.15) is 38.8 Å². The summed E-state index contributed by atoms with van der Waals surface area (Å²) >= 11 is 3.62. The third-order valence-corrected chi connectivity index (χ3v) is 4.41. The molecule has 2 atom stereocenters. The van der Waals surface area contributed by atoms with E-state index in [9.17, 15) is 0 Å². The first-order chi connectivity index (χ1) is 8.43. The van der Waals surface area contributed by atoms with Gasteiger partial charge in [-0.05, 0) is 44.5 Å². The third kappa shape index (κ3) is 4.38. The minimum atomic E-state index is 0.291.